The molecule has 0 radical (unpaired) electrons. The van der Waals surface area contributed by atoms with Crippen molar-refractivity contribution in [1.29, 1.82) is 5.26 Å². The zero-order valence-corrected chi connectivity index (χ0v) is 11.8. The van der Waals surface area contributed by atoms with Gasteiger partial charge in [-0.25, -0.2) is 4.39 Å². The first-order valence-corrected chi connectivity index (χ1v) is 6.68. The molecule has 2 rings (SSSR count). The predicted octanol–water partition coefficient (Wildman–Crippen LogP) is 2.69. The maximum absolute atomic E-state index is 13.4. The van der Waals surface area contributed by atoms with Gasteiger partial charge in [-0.2, -0.15) is 5.26 Å². The molecule has 0 aromatic heterocycles. The van der Waals surface area contributed by atoms with Gasteiger partial charge in [-0.05, 0) is 36.2 Å². The maximum atomic E-state index is 13.4. The maximum Gasteiger partial charge on any atom is 0.124 e. The van der Waals surface area contributed by atoms with Crippen LogP contribution < -0.4 is 5.32 Å². The van der Waals surface area contributed by atoms with Gasteiger partial charge in [0.1, 0.15) is 5.82 Å². The number of nitrogens with zero attached hydrogens (tertiary/aromatic N) is 1. The number of hydrogen-bond acceptors (Lipinski definition) is 3. The molecular formula is C17H17FN2O. The minimum absolute atomic E-state index is 0.0859. The summed E-state index contributed by atoms with van der Waals surface area (Å²) in [6.07, 6.45) is 0. The molecule has 2 aromatic carbocycles. The molecule has 0 heterocycles. The van der Waals surface area contributed by atoms with Crippen LogP contribution in [0.15, 0.2) is 48.5 Å². The molecule has 0 saturated carbocycles. The van der Waals surface area contributed by atoms with E-state index in [4.69, 9.17) is 5.26 Å². The van der Waals surface area contributed by atoms with Gasteiger partial charge in [0.2, 0.25) is 0 Å². The second-order valence-electron chi connectivity index (χ2n) is 5.17. The van der Waals surface area contributed by atoms with E-state index < -0.39 is 11.4 Å². The van der Waals surface area contributed by atoms with Crippen LogP contribution in [0, 0.1) is 17.1 Å². The first-order valence-electron chi connectivity index (χ1n) is 6.68. The number of nitriles is 1. The quantitative estimate of drug-likeness (QED) is 0.887. The van der Waals surface area contributed by atoms with Crippen LogP contribution in [0.1, 0.15) is 23.6 Å². The average Bonchev–Trinajstić information content (AvgIpc) is 2.53. The van der Waals surface area contributed by atoms with E-state index in [1.165, 1.54) is 12.1 Å². The number of rotatable bonds is 5. The Morgan fingerprint density at radius 3 is 2.57 bits per heavy atom. The molecule has 0 aliphatic heterocycles. The van der Waals surface area contributed by atoms with Gasteiger partial charge in [0, 0.05) is 6.54 Å². The van der Waals surface area contributed by atoms with E-state index in [0.717, 1.165) is 5.56 Å². The van der Waals surface area contributed by atoms with Gasteiger partial charge < -0.3 is 10.4 Å². The van der Waals surface area contributed by atoms with Gasteiger partial charge in [-0.1, -0.05) is 30.3 Å². The summed E-state index contributed by atoms with van der Waals surface area (Å²) in [7, 11) is 0. The standard InChI is InChI=1S/C17H17FN2O/c1-17(12-21,15-5-3-2-4-6-15)20-11-14-7-13(10-19)8-16(18)9-14/h2-9,20-21H,11-12H2,1H3. The Bertz CT molecular complexity index is 652. The van der Waals surface area contributed by atoms with E-state index in [-0.39, 0.29) is 12.2 Å². The highest BCUT2D eigenvalue weighted by Gasteiger charge is 2.24. The zero-order chi connectivity index (χ0) is 15.3. The highest BCUT2D eigenvalue weighted by molar-refractivity contribution is 5.34. The van der Waals surface area contributed by atoms with Crippen LogP contribution in [0.5, 0.6) is 0 Å². The van der Waals surface area contributed by atoms with Crippen LogP contribution in [-0.4, -0.2) is 11.7 Å². The van der Waals surface area contributed by atoms with E-state index in [0.29, 0.717) is 12.1 Å². The molecule has 108 valence electrons. The number of halogens is 1. The van der Waals surface area contributed by atoms with Gasteiger partial charge in [0.05, 0.1) is 23.8 Å². The monoisotopic (exact) mass is 284 g/mol. The van der Waals surface area contributed by atoms with Crippen LogP contribution in [0.25, 0.3) is 0 Å². The lowest BCUT2D eigenvalue weighted by Crippen LogP contribution is -2.42. The Morgan fingerprint density at radius 2 is 1.95 bits per heavy atom. The second kappa shape index (κ2) is 6.49. The summed E-state index contributed by atoms with van der Waals surface area (Å²) in [6, 6.07) is 15.7. The number of aliphatic hydroxyl groups excluding tert-OH is 1. The Labute approximate surface area is 123 Å². The van der Waals surface area contributed by atoms with E-state index in [2.05, 4.69) is 5.32 Å². The van der Waals surface area contributed by atoms with Gasteiger partial charge >= 0.3 is 0 Å². The summed E-state index contributed by atoms with van der Waals surface area (Å²) in [5, 5.41) is 21.8. The molecule has 1 atom stereocenters. The van der Waals surface area contributed by atoms with Crippen molar-refractivity contribution >= 4 is 0 Å². The van der Waals surface area contributed by atoms with E-state index in [1.54, 1.807) is 6.07 Å². The van der Waals surface area contributed by atoms with Crippen LogP contribution in [0.2, 0.25) is 0 Å². The van der Waals surface area contributed by atoms with Crippen molar-refractivity contribution in [2.75, 3.05) is 6.61 Å². The lowest BCUT2D eigenvalue weighted by Gasteiger charge is -2.29. The summed E-state index contributed by atoms with van der Waals surface area (Å²) in [5.41, 5.74) is 1.28. The summed E-state index contributed by atoms with van der Waals surface area (Å²) in [4.78, 5) is 0. The largest absolute Gasteiger partial charge is 0.394 e. The summed E-state index contributed by atoms with van der Waals surface area (Å²) in [6.45, 7) is 2.16. The van der Waals surface area contributed by atoms with Gasteiger partial charge in [0.15, 0.2) is 0 Å². The fraction of sp³-hybridized carbons (Fsp3) is 0.235. The summed E-state index contributed by atoms with van der Waals surface area (Å²) < 4.78 is 13.4. The van der Waals surface area contributed by atoms with Gasteiger partial charge in [-0.3, -0.25) is 0 Å². The third kappa shape index (κ3) is 3.66. The normalized spacial score (nSPS) is 13.4. The smallest absolute Gasteiger partial charge is 0.124 e. The lowest BCUT2D eigenvalue weighted by atomic mass is 9.92. The second-order valence-corrected chi connectivity index (χ2v) is 5.17. The highest BCUT2D eigenvalue weighted by Crippen LogP contribution is 2.21. The van der Waals surface area contributed by atoms with Crippen molar-refractivity contribution < 1.29 is 9.50 Å². The van der Waals surface area contributed by atoms with Crippen LogP contribution in [-0.2, 0) is 12.1 Å². The summed E-state index contributed by atoms with van der Waals surface area (Å²) in [5.74, 6) is -0.434. The molecule has 0 saturated heterocycles. The van der Waals surface area contributed by atoms with Crippen LogP contribution >= 0.6 is 0 Å². The van der Waals surface area contributed by atoms with Crippen LogP contribution in [0.4, 0.5) is 4.39 Å². The molecular weight excluding hydrogens is 267 g/mol. The number of benzene rings is 2. The first kappa shape index (κ1) is 15.2. The number of hydrogen-bond donors (Lipinski definition) is 2. The molecule has 4 heteroatoms. The Morgan fingerprint density at radius 1 is 1.24 bits per heavy atom. The van der Waals surface area contributed by atoms with Crippen LogP contribution in [0.3, 0.4) is 0 Å². The SMILES string of the molecule is CC(CO)(NCc1cc(F)cc(C#N)c1)c1ccccc1. The van der Waals surface area contributed by atoms with E-state index in [9.17, 15) is 9.50 Å². The Kier molecular flexibility index (Phi) is 4.69. The van der Waals surface area contributed by atoms with E-state index >= 15 is 0 Å². The number of aliphatic hydroxyl groups is 1. The molecule has 3 nitrogen and oxygen atoms in total. The topological polar surface area (TPSA) is 56.0 Å². The van der Waals surface area contributed by atoms with Gasteiger partial charge in [0.25, 0.3) is 0 Å². The third-order valence-electron chi connectivity index (χ3n) is 3.50. The number of nitrogens with one attached hydrogen (secondary N) is 1. The molecule has 0 spiro atoms. The zero-order valence-electron chi connectivity index (χ0n) is 11.8. The molecule has 1 unspecified atom stereocenters. The molecule has 0 aliphatic carbocycles. The van der Waals surface area contributed by atoms with Crippen molar-refractivity contribution in [3.8, 4) is 6.07 Å². The van der Waals surface area contributed by atoms with Crippen molar-refractivity contribution in [3.05, 3.63) is 71.0 Å². The lowest BCUT2D eigenvalue weighted by molar-refractivity contribution is 0.173. The van der Waals surface area contributed by atoms with Crippen molar-refractivity contribution in [3.63, 3.8) is 0 Å². The van der Waals surface area contributed by atoms with Crippen molar-refractivity contribution in [1.82, 2.24) is 5.32 Å². The summed E-state index contributed by atoms with van der Waals surface area (Å²) >= 11 is 0. The molecule has 0 aliphatic rings. The molecule has 0 bridgehead atoms. The Balaban J connectivity index is 2.18. The average molecular weight is 284 g/mol. The minimum atomic E-state index is -0.625. The van der Waals surface area contributed by atoms with Crippen molar-refractivity contribution in [2.24, 2.45) is 0 Å². The fourth-order valence-corrected chi connectivity index (χ4v) is 2.17. The minimum Gasteiger partial charge on any atom is -0.394 e. The highest BCUT2D eigenvalue weighted by atomic mass is 19.1. The first-order chi connectivity index (χ1) is 10.1. The Hall–Kier alpha value is -2.22. The molecule has 21 heavy (non-hydrogen) atoms. The third-order valence-corrected chi connectivity index (χ3v) is 3.50. The van der Waals surface area contributed by atoms with Crippen molar-refractivity contribution in [2.45, 2.75) is 19.0 Å². The molecule has 2 aromatic rings. The molecule has 0 amide bonds. The van der Waals surface area contributed by atoms with E-state index in [1.807, 2.05) is 43.3 Å². The molecule has 2 N–H and O–H groups in total. The predicted molar refractivity (Wildman–Crippen MR) is 78.8 cm³/mol. The van der Waals surface area contributed by atoms with Gasteiger partial charge in [-0.15, -0.1) is 0 Å². The molecule has 0 fully saturated rings. The fourth-order valence-electron chi connectivity index (χ4n) is 2.17.